The van der Waals surface area contributed by atoms with Crippen LogP contribution in [0.2, 0.25) is 0 Å². The first kappa shape index (κ1) is 21.3. The van der Waals surface area contributed by atoms with Gasteiger partial charge in [-0.1, -0.05) is 5.16 Å². The molecule has 0 radical (unpaired) electrons. The summed E-state index contributed by atoms with van der Waals surface area (Å²) in [6.07, 6.45) is 1.32. The van der Waals surface area contributed by atoms with Crippen LogP contribution in [0.25, 0.3) is 11.4 Å². The molecule has 7 nitrogen and oxygen atoms in total. The Morgan fingerprint density at radius 1 is 1.40 bits per heavy atom. The zero-order valence-corrected chi connectivity index (χ0v) is 16.6. The molecule has 25 heavy (non-hydrogen) atoms. The molecule has 0 aliphatic rings. The van der Waals surface area contributed by atoms with E-state index in [4.69, 9.17) is 15.0 Å². The standard InChI is InChI=1S/C16H22FN5O2.HI/c1-11(10-23-2)20-16(18)19-9-3-4-14-21-15(22-24-14)12-5-7-13(17)8-6-12;/h5-8,11H,3-4,9-10H2,1-2H3,(H3,18,19,20);1H. The number of aryl methyl sites for hydroxylation is 1. The maximum Gasteiger partial charge on any atom is 0.227 e. The first-order valence-electron chi connectivity index (χ1n) is 7.72. The number of nitrogens with one attached hydrogen (secondary N) is 1. The number of nitrogens with two attached hydrogens (primary N) is 1. The summed E-state index contributed by atoms with van der Waals surface area (Å²) in [5.74, 6) is 1.05. The topological polar surface area (TPSA) is 98.6 Å². The van der Waals surface area contributed by atoms with Crippen molar-refractivity contribution in [1.29, 1.82) is 0 Å². The van der Waals surface area contributed by atoms with Crippen molar-refractivity contribution >= 4 is 29.9 Å². The molecule has 1 aromatic carbocycles. The Balaban J connectivity index is 0.00000312. The number of hydrogen-bond donors (Lipinski definition) is 2. The number of aliphatic imine (C=N–C) groups is 1. The molecule has 0 saturated carbocycles. The molecule has 2 aromatic rings. The predicted octanol–water partition coefficient (Wildman–Crippen LogP) is 2.37. The number of benzene rings is 1. The molecule has 9 heteroatoms. The van der Waals surface area contributed by atoms with Crippen LogP contribution < -0.4 is 11.1 Å². The summed E-state index contributed by atoms with van der Waals surface area (Å²) in [7, 11) is 1.64. The molecule has 0 spiro atoms. The summed E-state index contributed by atoms with van der Waals surface area (Å²) in [6, 6.07) is 6.05. The van der Waals surface area contributed by atoms with Gasteiger partial charge in [0.2, 0.25) is 11.7 Å². The van der Waals surface area contributed by atoms with Crippen molar-refractivity contribution < 1.29 is 13.7 Å². The van der Waals surface area contributed by atoms with E-state index < -0.39 is 0 Å². The summed E-state index contributed by atoms with van der Waals surface area (Å²) >= 11 is 0. The summed E-state index contributed by atoms with van der Waals surface area (Å²) in [4.78, 5) is 8.52. The highest BCUT2D eigenvalue weighted by Gasteiger charge is 2.08. The summed E-state index contributed by atoms with van der Waals surface area (Å²) < 4.78 is 23.1. The van der Waals surface area contributed by atoms with Gasteiger partial charge in [0, 0.05) is 31.7 Å². The summed E-state index contributed by atoms with van der Waals surface area (Å²) in [5.41, 5.74) is 6.49. The van der Waals surface area contributed by atoms with Crippen LogP contribution in [0.15, 0.2) is 33.8 Å². The molecule has 0 aliphatic carbocycles. The van der Waals surface area contributed by atoms with Gasteiger partial charge in [-0.3, -0.25) is 4.99 Å². The second-order valence-corrected chi connectivity index (χ2v) is 5.39. The fourth-order valence-electron chi connectivity index (χ4n) is 2.09. The van der Waals surface area contributed by atoms with E-state index in [0.29, 0.717) is 42.8 Å². The molecular formula is C16H23FIN5O2. The van der Waals surface area contributed by atoms with Crippen LogP contribution in [0.5, 0.6) is 0 Å². The van der Waals surface area contributed by atoms with E-state index in [9.17, 15) is 4.39 Å². The van der Waals surface area contributed by atoms with Crippen molar-refractivity contribution in [3.05, 3.63) is 36.0 Å². The molecule has 1 aromatic heterocycles. The van der Waals surface area contributed by atoms with Gasteiger partial charge >= 0.3 is 0 Å². The van der Waals surface area contributed by atoms with Gasteiger partial charge in [-0.15, -0.1) is 24.0 Å². The fourth-order valence-corrected chi connectivity index (χ4v) is 2.09. The average molecular weight is 463 g/mol. The smallest absolute Gasteiger partial charge is 0.227 e. The lowest BCUT2D eigenvalue weighted by Crippen LogP contribution is -2.40. The van der Waals surface area contributed by atoms with Gasteiger partial charge in [0.05, 0.1) is 6.61 Å². The number of guanidine groups is 1. The second-order valence-electron chi connectivity index (χ2n) is 5.39. The first-order chi connectivity index (χ1) is 11.6. The van der Waals surface area contributed by atoms with Crippen LogP contribution in [0.3, 0.4) is 0 Å². The van der Waals surface area contributed by atoms with E-state index in [0.717, 1.165) is 6.42 Å². The van der Waals surface area contributed by atoms with Crippen LogP contribution >= 0.6 is 24.0 Å². The third-order valence-corrected chi connectivity index (χ3v) is 3.21. The lowest BCUT2D eigenvalue weighted by molar-refractivity contribution is 0.179. The van der Waals surface area contributed by atoms with E-state index in [1.807, 2.05) is 6.92 Å². The third kappa shape index (κ3) is 7.34. The lowest BCUT2D eigenvalue weighted by atomic mass is 10.2. The van der Waals surface area contributed by atoms with Gasteiger partial charge in [-0.05, 0) is 37.6 Å². The van der Waals surface area contributed by atoms with Crippen molar-refractivity contribution in [3.63, 3.8) is 0 Å². The van der Waals surface area contributed by atoms with Crippen LogP contribution in [0, 0.1) is 5.82 Å². The highest BCUT2D eigenvalue weighted by molar-refractivity contribution is 14.0. The van der Waals surface area contributed by atoms with Gasteiger partial charge in [0.25, 0.3) is 0 Å². The monoisotopic (exact) mass is 463 g/mol. The van der Waals surface area contributed by atoms with Crippen LogP contribution in [0.1, 0.15) is 19.2 Å². The Kier molecular flexibility index (Phi) is 9.35. The van der Waals surface area contributed by atoms with Crippen molar-refractivity contribution in [3.8, 4) is 11.4 Å². The minimum absolute atomic E-state index is 0. The predicted molar refractivity (Wildman–Crippen MR) is 104 cm³/mol. The second kappa shape index (κ2) is 11.0. The minimum Gasteiger partial charge on any atom is -0.383 e. The molecule has 3 N–H and O–H groups in total. The molecule has 2 rings (SSSR count). The minimum atomic E-state index is -0.300. The molecule has 0 amide bonds. The van der Waals surface area contributed by atoms with Crippen LogP contribution in [-0.2, 0) is 11.2 Å². The van der Waals surface area contributed by atoms with Gasteiger partial charge < -0.3 is 20.3 Å². The van der Waals surface area contributed by atoms with E-state index >= 15 is 0 Å². The molecule has 0 saturated heterocycles. The molecular weight excluding hydrogens is 440 g/mol. The van der Waals surface area contributed by atoms with E-state index in [-0.39, 0.29) is 35.8 Å². The van der Waals surface area contributed by atoms with Gasteiger partial charge in [0.1, 0.15) is 5.82 Å². The summed E-state index contributed by atoms with van der Waals surface area (Å²) in [5, 5.41) is 6.92. The largest absolute Gasteiger partial charge is 0.383 e. The van der Waals surface area contributed by atoms with Gasteiger partial charge in [-0.25, -0.2) is 4.39 Å². The van der Waals surface area contributed by atoms with E-state index in [2.05, 4.69) is 20.4 Å². The maximum absolute atomic E-state index is 12.9. The van der Waals surface area contributed by atoms with Gasteiger partial charge in [0.15, 0.2) is 5.96 Å². The maximum atomic E-state index is 12.9. The zero-order chi connectivity index (χ0) is 17.4. The lowest BCUT2D eigenvalue weighted by Gasteiger charge is -2.12. The molecule has 1 heterocycles. The van der Waals surface area contributed by atoms with E-state index in [1.165, 1.54) is 12.1 Å². The molecule has 0 fully saturated rings. The van der Waals surface area contributed by atoms with E-state index in [1.54, 1.807) is 19.2 Å². The Hall–Kier alpha value is -1.75. The number of nitrogens with zero attached hydrogens (tertiary/aromatic N) is 3. The zero-order valence-electron chi connectivity index (χ0n) is 14.2. The number of methoxy groups -OCH3 is 1. The van der Waals surface area contributed by atoms with Crippen LogP contribution in [-0.4, -0.2) is 42.4 Å². The normalized spacial score (nSPS) is 12.5. The Morgan fingerprint density at radius 3 is 2.80 bits per heavy atom. The Bertz CT molecular complexity index is 663. The Labute approximate surface area is 163 Å². The average Bonchev–Trinajstić information content (AvgIpc) is 3.01. The summed E-state index contributed by atoms with van der Waals surface area (Å²) in [6.45, 7) is 3.07. The highest BCUT2D eigenvalue weighted by Crippen LogP contribution is 2.16. The fraction of sp³-hybridized carbons (Fsp3) is 0.438. The first-order valence-corrected chi connectivity index (χ1v) is 7.72. The molecule has 1 unspecified atom stereocenters. The number of ether oxygens (including phenoxy) is 1. The van der Waals surface area contributed by atoms with Crippen molar-refractivity contribution in [2.24, 2.45) is 10.7 Å². The van der Waals surface area contributed by atoms with Crippen LogP contribution in [0.4, 0.5) is 4.39 Å². The number of aromatic nitrogens is 2. The third-order valence-electron chi connectivity index (χ3n) is 3.21. The molecule has 1 atom stereocenters. The van der Waals surface area contributed by atoms with Crippen molar-refractivity contribution in [2.75, 3.05) is 20.3 Å². The molecule has 0 bridgehead atoms. The van der Waals surface area contributed by atoms with Crippen molar-refractivity contribution in [1.82, 2.24) is 15.5 Å². The quantitative estimate of drug-likeness (QED) is 0.270. The number of rotatable bonds is 8. The van der Waals surface area contributed by atoms with Crippen molar-refractivity contribution in [2.45, 2.75) is 25.8 Å². The molecule has 0 aliphatic heterocycles. The SMILES string of the molecule is COCC(C)NC(N)=NCCCc1nc(-c2ccc(F)cc2)no1.I. The number of halogens is 2. The number of hydrogen-bond acceptors (Lipinski definition) is 5. The Morgan fingerprint density at radius 2 is 2.12 bits per heavy atom. The highest BCUT2D eigenvalue weighted by atomic mass is 127. The molecule has 138 valence electrons. The van der Waals surface area contributed by atoms with Gasteiger partial charge in [-0.2, -0.15) is 4.98 Å².